The molecule has 0 aliphatic carbocycles. The van der Waals surface area contributed by atoms with Gasteiger partial charge in [-0.3, -0.25) is 5.10 Å². The third-order valence-corrected chi connectivity index (χ3v) is 3.68. The average Bonchev–Trinajstić information content (AvgIpc) is 3.05. The molecule has 2 aromatic carbocycles. The smallest absolute Gasteiger partial charge is 0.229 e. The standard InChI is InChI=1S/C18H16N6/c1-12-2-5-14(6-3-12)22-18-19-9-8-17(23-18)21-15-7-4-13-11-20-24-16(13)10-15/h2-11H,1H3,(H,20,24)(H2,19,21,22,23). The molecule has 0 aliphatic heterocycles. The van der Waals surface area contributed by atoms with Gasteiger partial charge < -0.3 is 10.6 Å². The molecule has 24 heavy (non-hydrogen) atoms. The molecule has 0 fully saturated rings. The molecule has 0 unspecified atom stereocenters. The fourth-order valence-corrected chi connectivity index (χ4v) is 2.42. The maximum Gasteiger partial charge on any atom is 0.229 e. The van der Waals surface area contributed by atoms with Gasteiger partial charge in [0.15, 0.2) is 0 Å². The summed E-state index contributed by atoms with van der Waals surface area (Å²) >= 11 is 0. The third-order valence-electron chi connectivity index (χ3n) is 3.68. The molecule has 0 atom stereocenters. The van der Waals surface area contributed by atoms with E-state index in [4.69, 9.17) is 0 Å². The summed E-state index contributed by atoms with van der Waals surface area (Å²) in [6.45, 7) is 2.06. The number of aryl methyl sites for hydroxylation is 1. The molecule has 0 aliphatic rings. The lowest BCUT2D eigenvalue weighted by atomic mass is 10.2. The molecule has 4 rings (SSSR count). The van der Waals surface area contributed by atoms with Crippen LogP contribution >= 0.6 is 0 Å². The van der Waals surface area contributed by atoms with Crippen molar-refractivity contribution in [1.82, 2.24) is 20.2 Å². The number of nitrogens with zero attached hydrogens (tertiary/aromatic N) is 3. The number of rotatable bonds is 4. The minimum Gasteiger partial charge on any atom is -0.340 e. The predicted molar refractivity (Wildman–Crippen MR) is 95.9 cm³/mol. The van der Waals surface area contributed by atoms with Crippen molar-refractivity contribution < 1.29 is 0 Å². The van der Waals surface area contributed by atoms with Crippen LogP contribution < -0.4 is 10.6 Å². The van der Waals surface area contributed by atoms with Crippen molar-refractivity contribution in [2.24, 2.45) is 0 Å². The first-order chi connectivity index (χ1) is 11.8. The molecule has 6 nitrogen and oxygen atoms in total. The molecule has 0 saturated carbocycles. The van der Waals surface area contributed by atoms with Crippen LogP contribution in [0.15, 0.2) is 60.9 Å². The van der Waals surface area contributed by atoms with Gasteiger partial charge in [-0.15, -0.1) is 0 Å². The van der Waals surface area contributed by atoms with Gasteiger partial charge in [0.1, 0.15) is 5.82 Å². The largest absolute Gasteiger partial charge is 0.340 e. The number of H-pyrrole nitrogens is 1. The zero-order valence-corrected chi connectivity index (χ0v) is 13.1. The molecule has 2 heterocycles. The Balaban J connectivity index is 1.54. The van der Waals surface area contributed by atoms with Crippen molar-refractivity contribution in [1.29, 1.82) is 0 Å². The molecule has 0 bridgehead atoms. The van der Waals surface area contributed by atoms with Gasteiger partial charge in [0, 0.05) is 23.0 Å². The normalized spacial score (nSPS) is 10.7. The maximum absolute atomic E-state index is 4.49. The van der Waals surface area contributed by atoms with E-state index >= 15 is 0 Å². The number of hydrogen-bond acceptors (Lipinski definition) is 5. The summed E-state index contributed by atoms with van der Waals surface area (Å²) < 4.78 is 0. The highest BCUT2D eigenvalue weighted by molar-refractivity contribution is 5.82. The van der Waals surface area contributed by atoms with E-state index in [-0.39, 0.29) is 0 Å². The van der Waals surface area contributed by atoms with Gasteiger partial charge in [0.2, 0.25) is 5.95 Å². The number of nitrogens with one attached hydrogen (secondary N) is 3. The molecular formula is C18H16N6. The number of aromatic nitrogens is 4. The lowest BCUT2D eigenvalue weighted by Crippen LogP contribution is -2.00. The van der Waals surface area contributed by atoms with Crippen molar-refractivity contribution in [3.8, 4) is 0 Å². The molecule has 4 aromatic rings. The first-order valence-electron chi connectivity index (χ1n) is 7.63. The Bertz CT molecular complexity index is 974. The number of anilines is 4. The minimum atomic E-state index is 0.548. The Hall–Kier alpha value is -3.41. The monoisotopic (exact) mass is 316 g/mol. The second-order valence-electron chi connectivity index (χ2n) is 5.55. The van der Waals surface area contributed by atoms with Crippen LogP contribution in [0.1, 0.15) is 5.56 Å². The highest BCUT2D eigenvalue weighted by atomic mass is 15.1. The predicted octanol–water partition coefficient (Wildman–Crippen LogP) is 4.15. The van der Waals surface area contributed by atoms with Crippen molar-refractivity contribution in [3.63, 3.8) is 0 Å². The zero-order valence-electron chi connectivity index (χ0n) is 13.1. The number of hydrogen-bond donors (Lipinski definition) is 3. The molecule has 3 N–H and O–H groups in total. The van der Waals surface area contributed by atoms with Crippen LogP contribution in [-0.2, 0) is 0 Å². The summed E-state index contributed by atoms with van der Waals surface area (Å²) in [6, 6.07) is 15.9. The van der Waals surface area contributed by atoms with E-state index in [0.717, 1.165) is 28.1 Å². The lowest BCUT2D eigenvalue weighted by molar-refractivity contribution is 1.12. The van der Waals surface area contributed by atoms with Crippen LogP contribution in [0.2, 0.25) is 0 Å². The van der Waals surface area contributed by atoms with Gasteiger partial charge in [0.25, 0.3) is 0 Å². The topological polar surface area (TPSA) is 78.5 Å². The molecule has 0 amide bonds. The van der Waals surface area contributed by atoms with Gasteiger partial charge >= 0.3 is 0 Å². The SMILES string of the molecule is Cc1ccc(Nc2nccc(Nc3ccc4cn[nH]c4c3)n2)cc1. The quantitative estimate of drug-likeness (QED) is 0.527. The molecule has 0 spiro atoms. The average molecular weight is 316 g/mol. The second kappa shape index (κ2) is 6.00. The minimum absolute atomic E-state index is 0.548. The Morgan fingerprint density at radius 3 is 2.62 bits per heavy atom. The third kappa shape index (κ3) is 3.03. The van der Waals surface area contributed by atoms with Gasteiger partial charge in [-0.2, -0.15) is 10.1 Å². The van der Waals surface area contributed by atoms with Crippen LogP contribution in [0.4, 0.5) is 23.1 Å². The van der Waals surface area contributed by atoms with Crippen molar-refractivity contribution >= 4 is 34.0 Å². The summed E-state index contributed by atoms with van der Waals surface area (Å²) in [5, 5.41) is 14.5. The van der Waals surface area contributed by atoms with Gasteiger partial charge in [-0.05, 0) is 43.3 Å². The molecule has 6 heteroatoms. The number of benzene rings is 2. The first-order valence-corrected chi connectivity index (χ1v) is 7.63. The van der Waals surface area contributed by atoms with Crippen LogP contribution in [0.5, 0.6) is 0 Å². The molecule has 0 saturated heterocycles. The fraction of sp³-hybridized carbons (Fsp3) is 0.0556. The highest BCUT2D eigenvalue weighted by Crippen LogP contribution is 2.21. The molecule has 2 aromatic heterocycles. The van der Waals surface area contributed by atoms with Gasteiger partial charge in [0.05, 0.1) is 11.7 Å². The van der Waals surface area contributed by atoms with E-state index in [0.29, 0.717) is 5.95 Å². The summed E-state index contributed by atoms with van der Waals surface area (Å²) in [5.41, 5.74) is 4.08. The molecule has 0 radical (unpaired) electrons. The molecular weight excluding hydrogens is 300 g/mol. The Labute approximate surface area is 139 Å². The summed E-state index contributed by atoms with van der Waals surface area (Å²) in [6.07, 6.45) is 3.52. The van der Waals surface area contributed by atoms with E-state index in [2.05, 4.69) is 37.7 Å². The Kier molecular flexibility index (Phi) is 3.55. The van der Waals surface area contributed by atoms with Gasteiger partial charge in [-0.25, -0.2) is 4.98 Å². The number of aromatic amines is 1. The number of fused-ring (bicyclic) bond motifs is 1. The molecule has 118 valence electrons. The van der Waals surface area contributed by atoms with Crippen molar-refractivity contribution in [3.05, 3.63) is 66.5 Å². The van der Waals surface area contributed by atoms with E-state index in [1.807, 2.05) is 48.5 Å². The van der Waals surface area contributed by atoms with Crippen LogP contribution in [0, 0.1) is 6.92 Å². The highest BCUT2D eigenvalue weighted by Gasteiger charge is 2.02. The maximum atomic E-state index is 4.49. The summed E-state index contributed by atoms with van der Waals surface area (Å²) in [5.74, 6) is 1.27. The summed E-state index contributed by atoms with van der Waals surface area (Å²) in [4.78, 5) is 8.76. The Morgan fingerprint density at radius 1 is 0.917 bits per heavy atom. The van der Waals surface area contributed by atoms with Crippen LogP contribution in [-0.4, -0.2) is 20.2 Å². The van der Waals surface area contributed by atoms with Crippen molar-refractivity contribution in [2.45, 2.75) is 6.92 Å². The van der Waals surface area contributed by atoms with E-state index in [1.165, 1.54) is 5.56 Å². The van der Waals surface area contributed by atoms with E-state index in [9.17, 15) is 0 Å². The van der Waals surface area contributed by atoms with Crippen LogP contribution in [0.3, 0.4) is 0 Å². The lowest BCUT2D eigenvalue weighted by Gasteiger charge is -2.08. The van der Waals surface area contributed by atoms with Crippen LogP contribution in [0.25, 0.3) is 10.9 Å². The van der Waals surface area contributed by atoms with E-state index < -0.39 is 0 Å². The van der Waals surface area contributed by atoms with Crippen molar-refractivity contribution in [2.75, 3.05) is 10.6 Å². The Morgan fingerprint density at radius 2 is 1.75 bits per heavy atom. The zero-order chi connectivity index (χ0) is 16.4. The van der Waals surface area contributed by atoms with Gasteiger partial charge in [-0.1, -0.05) is 17.7 Å². The van der Waals surface area contributed by atoms with E-state index in [1.54, 1.807) is 12.4 Å². The first kappa shape index (κ1) is 14.2. The summed E-state index contributed by atoms with van der Waals surface area (Å²) in [7, 11) is 0. The fourth-order valence-electron chi connectivity index (χ4n) is 2.42. The second-order valence-corrected chi connectivity index (χ2v) is 5.55.